The number of ether oxygens (including phenoxy) is 1. The summed E-state index contributed by atoms with van der Waals surface area (Å²) in [6.45, 7) is 2.40. The Morgan fingerprint density at radius 3 is 2.65 bits per heavy atom. The van der Waals surface area contributed by atoms with Crippen LogP contribution in [0, 0.1) is 5.82 Å². The van der Waals surface area contributed by atoms with Crippen molar-refractivity contribution in [2.75, 3.05) is 11.8 Å². The SMILES string of the molecule is CCc1cccc(Cn2nc(NS(=O)(=O)c3ccc(Cl)s3)c3c(OC)cc(F)cc32)c1. The summed E-state index contributed by atoms with van der Waals surface area (Å²) in [5, 5.41) is 4.84. The quantitative estimate of drug-likeness (QED) is 0.390. The predicted octanol–water partition coefficient (Wildman–Crippen LogP) is 5.31. The Balaban J connectivity index is 1.83. The summed E-state index contributed by atoms with van der Waals surface area (Å²) in [6.07, 6.45) is 0.880. The lowest BCUT2D eigenvalue weighted by Gasteiger charge is -2.07. The second-order valence-electron chi connectivity index (χ2n) is 6.85. The van der Waals surface area contributed by atoms with Crippen molar-refractivity contribution in [3.8, 4) is 5.75 Å². The van der Waals surface area contributed by atoms with Gasteiger partial charge in [-0.25, -0.2) is 12.8 Å². The molecule has 0 saturated carbocycles. The summed E-state index contributed by atoms with van der Waals surface area (Å²) in [6, 6.07) is 13.4. The molecular formula is C21H19ClFN3O3S2. The van der Waals surface area contributed by atoms with E-state index in [2.05, 4.69) is 16.7 Å². The highest BCUT2D eigenvalue weighted by atomic mass is 35.5. The molecule has 0 saturated heterocycles. The van der Waals surface area contributed by atoms with Crippen molar-refractivity contribution >= 4 is 49.7 Å². The van der Waals surface area contributed by atoms with Crippen LogP contribution in [0.5, 0.6) is 5.75 Å². The second kappa shape index (κ2) is 8.49. The molecule has 0 fully saturated rings. The number of sulfonamides is 1. The lowest BCUT2D eigenvalue weighted by molar-refractivity contribution is 0.416. The number of hydrogen-bond acceptors (Lipinski definition) is 5. The molecule has 10 heteroatoms. The number of benzene rings is 2. The van der Waals surface area contributed by atoms with Crippen LogP contribution in [0.25, 0.3) is 10.9 Å². The number of nitrogens with zero attached hydrogens (tertiary/aromatic N) is 2. The third-order valence-electron chi connectivity index (χ3n) is 4.78. The van der Waals surface area contributed by atoms with Crippen molar-refractivity contribution in [2.45, 2.75) is 24.1 Å². The highest BCUT2D eigenvalue weighted by Crippen LogP contribution is 2.35. The van der Waals surface area contributed by atoms with E-state index in [1.807, 2.05) is 24.3 Å². The maximum absolute atomic E-state index is 14.3. The van der Waals surface area contributed by atoms with Crippen molar-refractivity contribution in [1.29, 1.82) is 0 Å². The molecule has 0 unspecified atom stereocenters. The Morgan fingerprint density at radius 1 is 1.19 bits per heavy atom. The summed E-state index contributed by atoms with van der Waals surface area (Å²) in [7, 11) is -2.53. The molecule has 2 aromatic carbocycles. The second-order valence-corrected chi connectivity index (χ2v) is 10.5. The Hall–Kier alpha value is -2.62. The first kappa shape index (κ1) is 21.6. The van der Waals surface area contributed by atoms with Gasteiger partial charge in [0.25, 0.3) is 10.0 Å². The zero-order valence-electron chi connectivity index (χ0n) is 16.7. The van der Waals surface area contributed by atoms with E-state index in [1.165, 1.54) is 31.4 Å². The van der Waals surface area contributed by atoms with Gasteiger partial charge in [-0.3, -0.25) is 9.40 Å². The molecule has 0 amide bonds. The number of halogens is 2. The van der Waals surface area contributed by atoms with Crippen molar-refractivity contribution in [1.82, 2.24) is 9.78 Å². The number of nitrogens with one attached hydrogen (secondary N) is 1. The van der Waals surface area contributed by atoms with E-state index < -0.39 is 15.8 Å². The fraction of sp³-hybridized carbons (Fsp3) is 0.190. The van der Waals surface area contributed by atoms with Crippen molar-refractivity contribution in [3.05, 3.63) is 69.8 Å². The third kappa shape index (κ3) is 4.39. The van der Waals surface area contributed by atoms with Crippen LogP contribution < -0.4 is 9.46 Å². The smallest absolute Gasteiger partial charge is 0.272 e. The van der Waals surface area contributed by atoms with Gasteiger partial charge in [0.15, 0.2) is 5.82 Å². The zero-order chi connectivity index (χ0) is 22.2. The van der Waals surface area contributed by atoms with Crippen LogP contribution in [0.4, 0.5) is 10.2 Å². The van der Waals surface area contributed by atoms with E-state index >= 15 is 0 Å². The Bertz CT molecular complexity index is 1370. The Morgan fingerprint density at radius 2 is 1.97 bits per heavy atom. The first-order valence-electron chi connectivity index (χ1n) is 9.40. The summed E-state index contributed by atoms with van der Waals surface area (Å²) in [4.78, 5) is 0. The molecular weight excluding hydrogens is 461 g/mol. The number of anilines is 1. The van der Waals surface area contributed by atoms with Crippen molar-refractivity contribution < 1.29 is 17.5 Å². The number of thiophene rings is 1. The van der Waals surface area contributed by atoms with Gasteiger partial charge < -0.3 is 4.74 Å². The predicted molar refractivity (Wildman–Crippen MR) is 121 cm³/mol. The van der Waals surface area contributed by atoms with Crippen LogP contribution in [-0.4, -0.2) is 25.3 Å². The van der Waals surface area contributed by atoms with E-state index in [4.69, 9.17) is 16.3 Å². The zero-order valence-corrected chi connectivity index (χ0v) is 19.1. The minimum atomic E-state index is -3.93. The molecule has 0 atom stereocenters. The standard InChI is InChI=1S/C21H19ClFN3O3S2/c1-3-13-5-4-6-14(9-13)12-26-16-10-15(23)11-17(29-2)20(16)21(24-26)25-31(27,28)19-8-7-18(22)30-19/h4-11H,3,12H2,1-2H3,(H,24,25). The maximum atomic E-state index is 14.3. The Kier molecular flexibility index (Phi) is 5.92. The number of methoxy groups -OCH3 is 1. The molecule has 0 radical (unpaired) electrons. The van der Waals surface area contributed by atoms with Crippen LogP contribution >= 0.6 is 22.9 Å². The maximum Gasteiger partial charge on any atom is 0.272 e. The van der Waals surface area contributed by atoms with Crippen LogP contribution in [0.15, 0.2) is 52.7 Å². The normalized spacial score (nSPS) is 11.7. The number of aryl methyl sites for hydroxylation is 1. The molecule has 6 nitrogen and oxygen atoms in total. The molecule has 4 rings (SSSR count). The molecule has 0 bridgehead atoms. The fourth-order valence-corrected chi connectivity index (χ4v) is 5.82. The molecule has 0 aliphatic carbocycles. The number of aromatic nitrogens is 2. The molecule has 0 spiro atoms. The lowest BCUT2D eigenvalue weighted by Crippen LogP contribution is -2.12. The lowest BCUT2D eigenvalue weighted by atomic mass is 10.1. The van der Waals surface area contributed by atoms with Crippen LogP contribution in [-0.2, 0) is 23.0 Å². The van der Waals surface area contributed by atoms with E-state index in [-0.39, 0.29) is 15.8 Å². The highest BCUT2D eigenvalue weighted by Gasteiger charge is 2.23. The Labute approximate surface area is 188 Å². The molecule has 162 valence electrons. The monoisotopic (exact) mass is 479 g/mol. The molecule has 0 aliphatic rings. The van der Waals surface area contributed by atoms with Gasteiger partial charge in [0.05, 0.1) is 28.9 Å². The summed E-state index contributed by atoms with van der Waals surface area (Å²) in [5.41, 5.74) is 2.54. The molecule has 31 heavy (non-hydrogen) atoms. The van der Waals surface area contributed by atoms with Crippen LogP contribution in [0.2, 0.25) is 4.34 Å². The summed E-state index contributed by atoms with van der Waals surface area (Å²) < 4.78 is 49.8. The van der Waals surface area contributed by atoms with Gasteiger partial charge in [0, 0.05) is 12.1 Å². The average molecular weight is 480 g/mol. The average Bonchev–Trinajstić information content (AvgIpc) is 3.32. The van der Waals surface area contributed by atoms with Gasteiger partial charge in [-0.2, -0.15) is 5.10 Å². The van der Waals surface area contributed by atoms with Crippen molar-refractivity contribution in [3.63, 3.8) is 0 Å². The van der Waals surface area contributed by atoms with Gasteiger partial charge in [-0.15, -0.1) is 11.3 Å². The summed E-state index contributed by atoms with van der Waals surface area (Å²) >= 11 is 6.83. The molecule has 4 aromatic rings. The van der Waals surface area contributed by atoms with Crippen molar-refractivity contribution in [2.24, 2.45) is 0 Å². The van der Waals surface area contributed by atoms with E-state index in [9.17, 15) is 12.8 Å². The van der Waals surface area contributed by atoms with Gasteiger partial charge in [-0.1, -0.05) is 42.8 Å². The minimum Gasteiger partial charge on any atom is -0.496 e. The topological polar surface area (TPSA) is 73.2 Å². The molecule has 2 aromatic heterocycles. The largest absolute Gasteiger partial charge is 0.496 e. The van der Waals surface area contributed by atoms with E-state index in [1.54, 1.807) is 4.68 Å². The van der Waals surface area contributed by atoms with Gasteiger partial charge in [0.1, 0.15) is 15.8 Å². The van der Waals surface area contributed by atoms with E-state index in [0.717, 1.165) is 28.9 Å². The van der Waals surface area contributed by atoms with Gasteiger partial charge in [-0.05, 0) is 29.7 Å². The number of rotatable bonds is 7. The summed E-state index contributed by atoms with van der Waals surface area (Å²) in [5.74, 6) is -0.263. The molecule has 0 aliphatic heterocycles. The van der Waals surface area contributed by atoms with Gasteiger partial charge >= 0.3 is 0 Å². The van der Waals surface area contributed by atoms with Crippen LogP contribution in [0.1, 0.15) is 18.1 Å². The van der Waals surface area contributed by atoms with Gasteiger partial charge in [0.2, 0.25) is 0 Å². The highest BCUT2D eigenvalue weighted by molar-refractivity contribution is 7.94. The molecule has 1 N–H and O–H groups in total. The van der Waals surface area contributed by atoms with Crippen LogP contribution in [0.3, 0.4) is 0 Å². The first-order chi connectivity index (χ1) is 14.8. The number of hydrogen-bond donors (Lipinski definition) is 1. The fourth-order valence-electron chi connectivity index (χ4n) is 3.33. The number of fused-ring (bicyclic) bond motifs is 1. The molecule has 2 heterocycles. The first-order valence-corrected chi connectivity index (χ1v) is 12.1. The van der Waals surface area contributed by atoms with E-state index in [0.29, 0.717) is 21.8 Å². The minimum absolute atomic E-state index is 0.0527. The third-order valence-corrected chi connectivity index (χ3v) is 7.84.